The predicted octanol–water partition coefficient (Wildman–Crippen LogP) is 0.940. The zero-order chi connectivity index (χ0) is 8.39. The first-order valence-corrected chi connectivity index (χ1v) is 4.88. The average Bonchev–Trinajstić information content (AvgIpc) is 2.32. The summed E-state index contributed by atoms with van der Waals surface area (Å²) >= 11 is 1.75. The van der Waals surface area contributed by atoms with Gasteiger partial charge in [0.2, 0.25) is 0 Å². The molecule has 12 heavy (non-hydrogen) atoms. The number of aromatic nitrogens is 1. The van der Waals surface area contributed by atoms with Crippen LogP contribution in [0.15, 0.2) is 6.20 Å². The molecule has 0 aliphatic carbocycles. The fourth-order valence-corrected chi connectivity index (χ4v) is 1.83. The Morgan fingerprint density at radius 3 is 3.08 bits per heavy atom. The number of ether oxygens (including phenoxy) is 1. The Balaban J connectivity index is 1.79. The first kappa shape index (κ1) is 8.16. The highest BCUT2D eigenvalue weighted by molar-refractivity contribution is 7.11. The van der Waals surface area contributed by atoms with Gasteiger partial charge in [0.25, 0.3) is 0 Å². The molecule has 66 valence electrons. The highest BCUT2D eigenvalue weighted by Gasteiger charge is 2.17. The second-order valence-electron chi connectivity index (χ2n) is 2.96. The Labute approximate surface area is 75.8 Å². The van der Waals surface area contributed by atoms with Crippen molar-refractivity contribution in [2.45, 2.75) is 19.5 Å². The van der Waals surface area contributed by atoms with Crippen LogP contribution in [0.1, 0.15) is 9.88 Å². The molecule has 0 saturated carbocycles. The van der Waals surface area contributed by atoms with Gasteiger partial charge in [0.1, 0.15) is 0 Å². The van der Waals surface area contributed by atoms with E-state index in [1.807, 2.05) is 13.1 Å². The van der Waals surface area contributed by atoms with Crippen molar-refractivity contribution >= 4 is 11.3 Å². The maximum Gasteiger partial charge on any atom is 0.0897 e. The van der Waals surface area contributed by atoms with Gasteiger partial charge in [-0.25, -0.2) is 4.98 Å². The molecule has 3 nitrogen and oxygen atoms in total. The van der Waals surface area contributed by atoms with E-state index in [0.29, 0.717) is 6.04 Å². The number of rotatable bonds is 3. The summed E-state index contributed by atoms with van der Waals surface area (Å²) in [5, 5.41) is 4.53. The minimum atomic E-state index is 0.562. The van der Waals surface area contributed by atoms with Gasteiger partial charge in [-0.15, -0.1) is 11.3 Å². The van der Waals surface area contributed by atoms with Crippen LogP contribution in [0.3, 0.4) is 0 Å². The van der Waals surface area contributed by atoms with E-state index in [4.69, 9.17) is 4.74 Å². The third-order valence-electron chi connectivity index (χ3n) is 1.87. The summed E-state index contributed by atoms with van der Waals surface area (Å²) < 4.78 is 5.05. The van der Waals surface area contributed by atoms with Crippen LogP contribution in [0, 0.1) is 6.92 Å². The zero-order valence-corrected chi connectivity index (χ0v) is 7.86. The quantitative estimate of drug-likeness (QED) is 0.759. The molecule has 4 heteroatoms. The van der Waals surface area contributed by atoms with Crippen LogP contribution in [0.2, 0.25) is 0 Å². The largest absolute Gasteiger partial charge is 0.378 e. The van der Waals surface area contributed by atoms with Crippen LogP contribution in [0.4, 0.5) is 0 Å². The summed E-state index contributed by atoms with van der Waals surface area (Å²) in [6.07, 6.45) is 1.94. The van der Waals surface area contributed by atoms with Crippen molar-refractivity contribution in [2.75, 3.05) is 13.2 Å². The molecule has 0 bridgehead atoms. The van der Waals surface area contributed by atoms with Crippen molar-refractivity contribution in [1.82, 2.24) is 10.3 Å². The normalized spacial score (nSPS) is 17.8. The second kappa shape index (κ2) is 3.51. The minimum absolute atomic E-state index is 0.562. The fraction of sp³-hybridized carbons (Fsp3) is 0.625. The van der Waals surface area contributed by atoms with Gasteiger partial charge in [0.05, 0.1) is 24.3 Å². The fourth-order valence-electron chi connectivity index (χ4n) is 1.09. The molecule has 2 rings (SSSR count). The maximum absolute atomic E-state index is 5.05. The highest BCUT2D eigenvalue weighted by Crippen LogP contribution is 2.11. The Morgan fingerprint density at radius 2 is 2.58 bits per heavy atom. The molecule has 1 aliphatic heterocycles. The number of nitrogens with one attached hydrogen (secondary N) is 1. The number of aryl methyl sites for hydroxylation is 1. The second-order valence-corrected chi connectivity index (χ2v) is 4.28. The van der Waals surface area contributed by atoms with Gasteiger partial charge in [0.15, 0.2) is 0 Å². The Morgan fingerprint density at radius 1 is 1.75 bits per heavy atom. The van der Waals surface area contributed by atoms with E-state index < -0.39 is 0 Å². The number of nitrogens with zero attached hydrogens (tertiary/aromatic N) is 1. The topological polar surface area (TPSA) is 34.2 Å². The van der Waals surface area contributed by atoms with Gasteiger partial charge in [-0.3, -0.25) is 0 Å². The van der Waals surface area contributed by atoms with Crippen LogP contribution in [-0.2, 0) is 11.3 Å². The van der Waals surface area contributed by atoms with E-state index in [2.05, 4.69) is 10.3 Å². The van der Waals surface area contributed by atoms with Gasteiger partial charge in [0, 0.05) is 17.6 Å². The van der Waals surface area contributed by atoms with E-state index in [1.165, 1.54) is 4.88 Å². The van der Waals surface area contributed by atoms with Crippen LogP contribution >= 0.6 is 11.3 Å². The number of thiazole rings is 1. The molecule has 1 saturated heterocycles. The van der Waals surface area contributed by atoms with Crippen molar-refractivity contribution in [3.8, 4) is 0 Å². The van der Waals surface area contributed by atoms with Crippen LogP contribution in [-0.4, -0.2) is 24.2 Å². The highest BCUT2D eigenvalue weighted by atomic mass is 32.1. The molecule has 1 aliphatic rings. The van der Waals surface area contributed by atoms with Crippen LogP contribution in [0.5, 0.6) is 0 Å². The van der Waals surface area contributed by atoms with E-state index in [9.17, 15) is 0 Å². The molecule has 0 atom stereocenters. The lowest BCUT2D eigenvalue weighted by Crippen LogP contribution is -2.45. The molecule has 1 fully saturated rings. The van der Waals surface area contributed by atoms with Crippen molar-refractivity contribution in [2.24, 2.45) is 0 Å². The molecular formula is C8H12N2OS. The van der Waals surface area contributed by atoms with Gasteiger partial charge >= 0.3 is 0 Å². The predicted molar refractivity (Wildman–Crippen MR) is 48.3 cm³/mol. The van der Waals surface area contributed by atoms with Crippen molar-refractivity contribution in [3.05, 3.63) is 16.1 Å². The molecule has 1 N–H and O–H groups in total. The summed E-state index contributed by atoms with van der Waals surface area (Å²) in [6.45, 7) is 4.68. The van der Waals surface area contributed by atoms with E-state index in [-0.39, 0.29) is 0 Å². The smallest absolute Gasteiger partial charge is 0.0897 e. The summed E-state index contributed by atoms with van der Waals surface area (Å²) in [5.41, 5.74) is 0. The zero-order valence-electron chi connectivity index (χ0n) is 7.04. The Kier molecular flexibility index (Phi) is 2.39. The first-order chi connectivity index (χ1) is 5.84. The molecule has 0 spiro atoms. The van der Waals surface area contributed by atoms with Crippen molar-refractivity contribution in [1.29, 1.82) is 0 Å². The molecule has 1 aromatic heterocycles. The summed E-state index contributed by atoms with van der Waals surface area (Å²) in [4.78, 5) is 5.49. The monoisotopic (exact) mass is 184 g/mol. The Bertz CT molecular complexity index is 257. The van der Waals surface area contributed by atoms with Gasteiger partial charge in [-0.05, 0) is 6.92 Å². The maximum atomic E-state index is 5.05. The summed E-state index contributed by atoms with van der Waals surface area (Å²) in [5.74, 6) is 0. The van der Waals surface area contributed by atoms with E-state index in [0.717, 1.165) is 24.8 Å². The van der Waals surface area contributed by atoms with E-state index in [1.54, 1.807) is 11.3 Å². The van der Waals surface area contributed by atoms with Crippen LogP contribution < -0.4 is 5.32 Å². The molecule has 0 radical (unpaired) electrons. The number of hydrogen-bond donors (Lipinski definition) is 1. The first-order valence-electron chi connectivity index (χ1n) is 4.07. The third-order valence-corrected chi connectivity index (χ3v) is 2.78. The lowest BCUT2D eigenvalue weighted by molar-refractivity contribution is -0.00568. The summed E-state index contributed by atoms with van der Waals surface area (Å²) in [6, 6.07) is 0.562. The lowest BCUT2D eigenvalue weighted by Gasteiger charge is -2.26. The summed E-state index contributed by atoms with van der Waals surface area (Å²) in [7, 11) is 0. The molecule has 2 heterocycles. The van der Waals surface area contributed by atoms with E-state index >= 15 is 0 Å². The molecule has 1 aromatic rings. The molecular weight excluding hydrogens is 172 g/mol. The van der Waals surface area contributed by atoms with Gasteiger partial charge in [-0.1, -0.05) is 0 Å². The number of hydrogen-bond acceptors (Lipinski definition) is 4. The molecule has 0 aromatic carbocycles. The Hall–Kier alpha value is -0.450. The lowest BCUT2D eigenvalue weighted by atomic mass is 10.2. The van der Waals surface area contributed by atoms with Crippen LogP contribution in [0.25, 0.3) is 0 Å². The van der Waals surface area contributed by atoms with Gasteiger partial charge < -0.3 is 10.1 Å². The third kappa shape index (κ3) is 1.83. The van der Waals surface area contributed by atoms with Crippen molar-refractivity contribution < 1.29 is 4.74 Å². The standard InChI is InChI=1S/C8H12N2OS/c1-6-9-2-8(12-6)3-10-7-4-11-5-7/h2,7,10H,3-5H2,1H3. The molecule has 0 unspecified atom stereocenters. The van der Waals surface area contributed by atoms with Gasteiger partial charge in [-0.2, -0.15) is 0 Å². The van der Waals surface area contributed by atoms with Crippen molar-refractivity contribution in [3.63, 3.8) is 0 Å². The SMILES string of the molecule is Cc1ncc(CNC2COC2)s1. The average molecular weight is 184 g/mol. The minimum Gasteiger partial charge on any atom is -0.378 e. The molecule has 0 amide bonds.